The lowest BCUT2D eigenvalue weighted by Gasteiger charge is -2.14. The molecule has 2 rings (SSSR count). The molecule has 2 aromatic rings. The van der Waals surface area contributed by atoms with Gasteiger partial charge in [0.05, 0.1) is 26.3 Å². The van der Waals surface area contributed by atoms with E-state index in [4.69, 9.17) is 9.47 Å². The molecule has 0 saturated carbocycles. The van der Waals surface area contributed by atoms with E-state index < -0.39 is 0 Å². The van der Waals surface area contributed by atoms with Crippen molar-refractivity contribution in [3.63, 3.8) is 0 Å². The van der Waals surface area contributed by atoms with Gasteiger partial charge in [-0.05, 0) is 37.1 Å². The summed E-state index contributed by atoms with van der Waals surface area (Å²) in [6, 6.07) is 3.63. The van der Waals surface area contributed by atoms with Crippen LogP contribution in [-0.4, -0.2) is 29.3 Å². The summed E-state index contributed by atoms with van der Waals surface area (Å²) in [5, 5.41) is 13.0. The molecule has 2 N–H and O–H groups in total. The molecular weight excluding hydrogens is 270 g/mol. The van der Waals surface area contributed by atoms with Gasteiger partial charge in [-0.1, -0.05) is 0 Å². The van der Waals surface area contributed by atoms with Gasteiger partial charge in [0, 0.05) is 5.69 Å². The molecule has 0 atom stereocenters. The van der Waals surface area contributed by atoms with Crippen LogP contribution in [-0.2, 0) is 6.54 Å². The smallest absolute Gasteiger partial charge is 0.225 e. The second-order valence-corrected chi connectivity index (χ2v) is 4.68. The normalized spacial score (nSPS) is 10.3. The van der Waals surface area contributed by atoms with Crippen molar-refractivity contribution < 1.29 is 14.6 Å². The largest absolute Gasteiger partial charge is 0.508 e. The van der Waals surface area contributed by atoms with Gasteiger partial charge in [0.2, 0.25) is 11.8 Å². The summed E-state index contributed by atoms with van der Waals surface area (Å²) in [5.74, 6) is 1.24. The van der Waals surface area contributed by atoms with Crippen LogP contribution in [0.3, 0.4) is 0 Å². The third-order valence-electron chi connectivity index (χ3n) is 3.25. The van der Waals surface area contributed by atoms with E-state index in [1.165, 1.54) is 6.33 Å². The number of ether oxygens (including phenoxy) is 2. The lowest BCUT2D eigenvalue weighted by molar-refractivity contribution is 0.363. The zero-order valence-corrected chi connectivity index (χ0v) is 12.6. The Balaban J connectivity index is 2.26. The van der Waals surface area contributed by atoms with E-state index in [0.717, 1.165) is 22.4 Å². The molecule has 0 spiro atoms. The highest BCUT2D eigenvalue weighted by molar-refractivity contribution is 5.57. The van der Waals surface area contributed by atoms with Crippen molar-refractivity contribution >= 4 is 5.69 Å². The first kappa shape index (κ1) is 14.9. The number of aromatic nitrogens is 2. The Morgan fingerprint density at radius 3 is 2.24 bits per heavy atom. The van der Waals surface area contributed by atoms with Crippen LogP contribution in [0.1, 0.15) is 16.7 Å². The molecule has 0 fully saturated rings. The molecule has 0 amide bonds. The van der Waals surface area contributed by atoms with E-state index in [1.807, 2.05) is 19.9 Å². The van der Waals surface area contributed by atoms with Gasteiger partial charge in [-0.15, -0.1) is 0 Å². The van der Waals surface area contributed by atoms with Crippen molar-refractivity contribution in [2.24, 2.45) is 0 Å². The van der Waals surface area contributed by atoms with E-state index in [1.54, 1.807) is 20.3 Å². The van der Waals surface area contributed by atoms with Crippen LogP contribution in [0.4, 0.5) is 5.69 Å². The summed E-state index contributed by atoms with van der Waals surface area (Å²) in [6.45, 7) is 4.24. The lowest BCUT2D eigenvalue weighted by atomic mass is 10.1. The topological polar surface area (TPSA) is 76.5 Å². The third-order valence-corrected chi connectivity index (χ3v) is 3.25. The average molecular weight is 289 g/mol. The third kappa shape index (κ3) is 3.16. The molecule has 1 aromatic heterocycles. The summed E-state index contributed by atoms with van der Waals surface area (Å²) in [6.07, 6.45) is 1.40. The standard InChI is InChI=1S/C15H19N3O3/c1-9-6-13(19)10(2)5-12(9)16-7-11-14(20-3)17-8-18-15(11)21-4/h5-6,8,16,19H,7H2,1-4H3. The molecule has 6 heteroatoms. The summed E-state index contributed by atoms with van der Waals surface area (Å²) in [4.78, 5) is 8.16. The quantitative estimate of drug-likeness (QED) is 0.823. The van der Waals surface area contributed by atoms with Crippen LogP contribution < -0.4 is 14.8 Å². The zero-order valence-electron chi connectivity index (χ0n) is 12.6. The Bertz CT molecular complexity index is 622. The minimum atomic E-state index is 0.288. The van der Waals surface area contributed by atoms with E-state index >= 15 is 0 Å². The van der Waals surface area contributed by atoms with Gasteiger partial charge in [-0.2, -0.15) is 0 Å². The van der Waals surface area contributed by atoms with Gasteiger partial charge in [-0.25, -0.2) is 9.97 Å². The van der Waals surface area contributed by atoms with E-state index in [2.05, 4.69) is 15.3 Å². The highest BCUT2D eigenvalue weighted by atomic mass is 16.5. The first-order chi connectivity index (χ1) is 10.1. The summed E-state index contributed by atoms with van der Waals surface area (Å²) < 4.78 is 10.5. The SMILES string of the molecule is COc1ncnc(OC)c1CNc1cc(C)c(O)cc1C. The molecule has 21 heavy (non-hydrogen) atoms. The molecule has 0 aliphatic rings. The molecule has 6 nitrogen and oxygen atoms in total. The molecule has 112 valence electrons. The second-order valence-electron chi connectivity index (χ2n) is 4.68. The van der Waals surface area contributed by atoms with Crippen molar-refractivity contribution in [3.8, 4) is 17.5 Å². The van der Waals surface area contributed by atoms with Gasteiger partial charge in [0.1, 0.15) is 12.1 Å². The molecule has 1 heterocycles. The van der Waals surface area contributed by atoms with Gasteiger partial charge >= 0.3 is 0 Å². The number of nitrogens with one attached hydrogen (secondary N) is 1. The van der Waals surface area contributed by atoms with E-state index in [9.17, 15) is 5.11 Å². The number of nitrogens with zero attached hydrogens (tertiary/aromatic N) is 2. The fraction of sp³-hybridized carbons (Fsp3) is 0.333. The van der Waals surface area contributed by atoms with Crippen LogP contribution in [0.25, 0.3) is 0 Å². The first-order valence-corrected chi connectivity index (χ1v) is 6.52. The number of aromatic hydroxyl groups is 1. The van der Waals surface area contributed by atoms with Gasteiger partial charge < -0.3 is 19.9 Å². The minimum Gasteiger partial charge on any atom is -0.508 e. The predicted octanol–water partition coefficient (Wildman–Crippen LogP) is 2.43. The van der Waals surface area contributed by atoms with E-state index in [-0.39, 0.29) is 5.75 Å². The maximum Gasteiger partial charge on any atom is 0.225 e. The zero-order chi connectivity index (χ0) is 15.4. The summed E-state index contributed by atoms with van der Waals surface area (Å²) in [7, 11) is 3.11. The van der Waals surface area contributed by atoms with Crippen LogP contribution in [0.2, 0.25) is 0 Å². The van der Waals surface area contributed by atoms with Crippen LogP contribution in [0.15, 0.2) is 18.5 Å². The number of phenols is 1. The lowest BCUT2D eigenvalue weighted by Crippen LogP contribution is -2.07. The average Bonchev–Trinajstić information content (AvgIpc) is 2.49. The number of phenolic OH excluding ortho intramolecular Hbond substituents is 1. The molecule has 0 aliphatic carbocycles. The fourth-order valence-corrected chi connectivity index (χ4v) is 2.06. The highest BCUT2D eigenvalue weighted by Crippen LogP contribution is 2.28. The fourth-order valence-electron chi connectivity index (χ4n) is 2.06. The molecule has 0 unspecified atom stereocenters. The predicted molar refractivity (Wildman–Crippen MR) is 80.0 cm³/mol. The Hall–Kier alpha value is -2.50. The number of aryl methyl sites for hydroxylation is 2. The van der Waals surface area contributed by atoms with Crippen LogP contribution in [0.5, 0.6) is 17.5 Å². The first-order valence-electron chi connectivity index (χ1n) is 6.52. The van der Waals surface area contributed by atoms with Gasteiger partial charge in [0.25, 0.3) is 0 Å². The Morgan fingerprint density at radius 2 is 1.67 bits per heavy atom. The number of hydrogen-bond donors (Lipinski definition) is 2. The van der Waals surface area contributed by atoms with Crippen molar-refractivity contribution in [2.75, 3.05) is 19.5 Å². The van der Waals surface area contributed by atoms with Crippen molar-refractivity contribution in [2.45, 2.75) is 20.4 Å². The number of hydrogen-bond acceptors (Lipinski definition) is 6. The van der Waals surface area contributed by atoms with Crippen LogP contribution >= 0.6 is 0 Å². The maximum absolute atomic E-state index is 9.69. The number of anilines is 1. The number of benzene rings is 1. The summed E-state index contributed by atoms with van der Waals surface area (Å²) >= 11 is 0. The molecular formula is C15H19N3O3. The molecule has 0 radical (unpaired) electrons. The molecule has 0 aliphatic heterocycles. The summed E-state index contributed by atoms with van der Waals surface area (Å²) in [5.41, 5.74) is 3.44. The Kier molecular flexibility index (Phi) is 4.47. The van der Waals surface area contributed by atoms with Crippen molar-refractivity contribution in [3.05, 3.63) is 35.2 Å². The maximum atomic E-state index is 9.69. The van der Waals surface area contributed by atoms with Gasteiger partial charge in [-0.3, -0.25) is 0 Å². The Labute approximate surface area is 123 Å². The van der Waals surface area contributed by atoms with Crippen LogP contribution in [0, 0.1) is 13.8 Å². The Morgan fingerprint density at radius 1 is 1.05 bits per heavy atom. The monoisotopic (exact) mass is 289 g/mol. The number of methoxy groups -OCH3 is 2. The number of rotatable bonds is 5. The second kappa shape index (κ2) is 6.30. The van der Waals surface area contributed by atoms with E-state index in [0.29, 0.717) is 18.3 Å². The van der Waals surface area contributed by atoms with Crippen molar-refractivity contribution in [1.29, 1.82) is 0 Å². The van der Waals surface area contributed by atoms with Gasteiger partial charge in [0.15, 0.2) is 0 Å². The minimum absolute atomic E-state index is 0.288. The molecule has 1 aromatic carbocycles. The van der Waals surface area contributed by atoms with Crippen molar-refractivity contribution in [1.82, 2.24) is 9.97 Å². The molecule has 0 saturated heterocycles. The highest BCUT2D eigenvalue weighted by Gasteiger charge is 2.13. The molecule has 0 bridgehead atoms.